The maximum atomic E-state index is 13.3. The van der Waals surface area contributed by atoms with E-state index in [0.29, 0.717) is 10.3 Å². The van der Waals surface area contributed by atoms with Gasteiger partial charge in [-0.3, -0.25) is 4.79 Å². The summed E-state index contributed by atoms with van der Waals surface area (Å²) in [5.74, 6) is -0.669. The van der Waals surface area contributed by atoms with Gasteiger partial charge in [-0.2, -0.15) is 13.2 Å². The van der Waals surface area contributed by atoms with Crippen LogP contribution < -0.4 is 0 Å². The number of benzene rings is 2. The Morgan fingerprint density at radius 3 is 2.19 bits per heavy atom. The first kappa shape index (κ1) is 18.8. The monoisotopic (exact) mass is 397 g/mol. The van der Waals surface area contributed by atoms with E-state index >= 15 is 0 Å². The van der Waals surface area contributed by atoms with Crippen LogP contribution in [0.1, 0.15) is 15.9 Å². The summed E-state index contributed by atoms with van der Waals surface area (Å²) >= 11 is 0. The summed E-state index contributed by atoms with van der Waals surface area (Å²) in [7, 11) is -4.36. The summed E-state index contributed by atoms with van der Waals surface area (Å²) in [5.41, 5.74) is -1.89. The first-order valence-electron chi connectivity index (χ1n) is 7.50. The van der Waals surface area contributed by atoms with Crippen molar-refractivity contribution in [3.8, 4) is 11.3 Å². The number of carbonyl (C=O) groups excluding carboxylic acids is 1. The molecule has 0 saturated carbocycles. The lowest BCUT2D eigenvalue weighted by Crippen LogP contribution is -2.15. The van der Waals surface area contributed by atoms with Crippen LogP contribution in [-0.2, 0) is 16.2 Å². The minimum Gasteiger partial charge on any atom is -0.298 e. The van der Waals surface area contributed by atoms with Crippen molar-refractivity contribution in [3.05, 3.63) is 77.7 Å². The Morgan fingerprint density at radius 1 is 0.963 bits per heavy atom. The molecule has 0 saturated heterocycles. The van der Waals surface area contributed by atoms with Gasteiger partial charge in [0.15, 0.2) is 6.29 Å². The molecule has 0 bridgehead atoms. The van der Waals surface area contributed by atoms with E-state index in [1.165, 1.54) is 12.1 Å². The summed E-state index contributed by atoms with van der Waals surface area (Å²) in [4.78, 5) is 10.8. The summed E-state index contributed by atoms with van der Waals surface area (Å²) in [6.45, 7) is 0. The Hall–Kier alpha value is -2.94. The minimum absolute atomic E-state index is 0.118. The van der Waals surface area contributed by atoms with Gasteiger partial charge in [-0.15, -0.1) is 0 Å². The molecule has 3 aromatic rings. The Balaban J connectivity index is 2.28. The van der Waals surface area contributed by atoms with Crippen molar-refractivity contribution < 1.29 is 30.8 Å². The molecule has 0 atom stereocenters. The van der Waals surface area contributed by atoms with Crippen LogP contribution in [0.3, 0.4) is 0 Å². The average Bonchev–Trinajstić information content (AvgIpc) is 3.06. The zero-order valence-electron chi connectivity index (χ0n) is 13.4. The maximum absolute atomic E-state index is 13.3. The molecule has 1 aromatic heterocycles. The van der Waals surface area contributed by atoms with E-state index < -0.39 is 33.1 Å². The van der Waals surface area contributed by atoms with Crippen molar-refractivity contribution in [2.24, 2.45) is 0 Å². The summed E-state index contributed by atoms with van der Waals surface area (Å²) in [6.07, 6.45) is -3.47. The van der Waals surface area contributed by atoms with Crippen molar-refractivity contribution in [3.63, 3.8) is 0 Å². The van der Waals surface area contributed by atoms with E-state index in [0.717, 1.165) is 48.7 Å². The van der Waals surface area contributed by atoms with Crippen LogP contribution >= 0.6 is 0 Å². The lowest BCUT2D eigenvalue weighted by Gasteiger charge is -2.15. The lowest BCUT2D eigenvalue weighted by atomic mass is 10.0. The second-order valence-corrected chi connectivity index (χ2v) is 7.39. The van der Waals surface area contributed by atoms with Crippen LogP contribution in [0.15, 0.2) is 65.7 Å². The van der Waals surface area contributed by atoms with Crippen LogP contribution in [0.5, 0.6) is 0 Å². The number of halogens is 4. The number of hydrogen-bond donors (Lipinski definition) is 0. The molecule has 1 heterocycles. The summed E-state index contributed by atoms with van der Waals surface area (Å²) in [5, 5.41) is 0. The van der Waals surface area contributed by atoms with Crippen LogP contribution in [0, 0.1) is 5.82 Å². The fraction of sp³-hybridized carbons (Fsp3) is 0.0556. The van der Waals surface area contributed by atoms with Gasteiger partial charge in [0.2, 0.25) is 0 Å². The van der Waals surface area contributed by atoms with Crippen molar-refractivity contribution in [1.29, 1.82) is 0 Å². The van der Waals surface area contributed by atoms with Gasteiger partial charge in [0.05, 0.1) is 16.2 Å². The van der Waals surface area contributed by atoms with Crippen LogP contribution in [-0.4, -0.2) is 18.7 Å². The number of hydrogen-bond acceptors (Lipinski definition) is 3. The van der Waals surface area contributed by atoms with E-state index in [4.69, 9.17) is 0 Å². The van der Waals surface area contributed by atoms with E-state index in [1.807, 2.05) is 0 Å². The highest BCUT2D eigenvalue weighted by Crippen LogP contribution is 2.38. The molecule has 0 unspecified atom stereocenters. The molecule has 9 heteroatoms. The Bertz CT molecular complexity index is 1100. The molecule has 27 heavy (non-hydrogen) atoms. The first-order chi connectivity index (χ1) is 12.6. The summed E-state index contributed by atoms with van der Waals surface area (Å²) in [6, 6.07) is 9.30. The average molecular weight is 397 g/mol. The molecular formula is C18H11F4NO3S. The normalized spacial score (nSPS) is 12.1. The fourth-order valence-electron chi connectivity index (χ4n) is 2.60. The molecule has 3 rings (SSSR count). The molecule has 0 N–H and O–H groups in total. The fourth-order valence-corrected chi connectivity index (χ4v) is 3.97. The Kier molecular flexibility index (Phi) is 4.64. The van der Waals surface area contributed by atoms with Gasteiger partial charge in [0, 0.05) is 17.3 Å². The van der Waals surface area contributed by atoms with Gasteiger partial charge in [-0.25, -0.2) is 16.8 Å². The van der Waals surface area contributed by atoms with E-state index in [1.54, 1.807) is 0 Å². The third-order valence-electron chi connectivity index (χ3n) is 3.82. The van der Waals surface area contributed by atoms with Gasteiger partial charge in [0.1, 0.15) is 5.82 Å². The SMILES string of the molecule is O=Cc1cc(-c2ccccc2C(F)(F)F)n(S(=O)(=O)c2ccc(F)cc2)c1. The molecular weight excluding hydrogens is 386 g/mol. The molecule has 0 amide bonds. The van der Waals surface area contributed by atoms with Gasteiger partial charge < -0.3 is 0 Å². The van der Waals surface area contributed by atoms with Gasteiger partial charge in [0.25, 0.3) is 10.0 Å². The Morgan fingerprint density at radius 2 is 1.59 bits per heavy atom. The number of aromatic nitrogens is 1. The van der Waals surface area contributed by atoms with E-state index in [-0.39, 0.29) is 16.2 Å². The molecule has 0 fully saturated rings. The van der Waals surface area contributed by atoms with Gasteiger partial charge >= 0.3 is 6.18 Å². The highest BCUT2D eigenvalue weighted by Gasteiger charge is 2.35. The number of carbonyl (C=O) groups is 1. The zero-order valence-corrected chi connectivity index (χ0v) is 14.3. The predicted octanol–water partition coefficient (Wildman–Crippen LogP) is 4.36. The molecule has 0 aliphatic heterocycles. The predicted molar refractivity (Wildman–Crippen MR) is 89.2 cm³/mol. The molecule has 0 radical (unpaired) electrons. The minimum atomic E-state index is -4.73. The molecule has 4 nitrogen and oxygen atoms in total. The van der Waals surface area contributed by atoms with Gasteiger partial charge in [-0.05, 0) is 36.4 Å². The molecule has 0 spiro atoms. The second-order valence-electron chi connectivity index (χ2n) is 5.57. The topological polar surface area (TPSA) is 56.1 Å². The van der Waals surface area contributed by atoms with Crippen LogP contribution in [0.25, 0.3) is 11.3 Å². The molecule has 0 aliphatic rings. The smallest absolute Gasteiger partial charge is 0.298 e. The quantitative estimate of drug-likeness (QED) is 0.486. The third kappa shape index (κ3) is 3.50. The van der Waals surface area contributed by atoms with Crippen LogP contribution in [0.4, 0.5) is 17.6 Å². The van der Waals surface area contributed by atoms with Crippen molar-refractivity contribution >= 4 is 16.3 Å². The molecule has 2 aromatic carbocycles. The van der Waals surface area contributed by atoms with E-state index in [2.05, 4.69) is 0 Å². The van der Waals surface area contributed by atoms with Crippen LogP contribution in [0.2, 0.25) is 0 Å². The zero-order chi connectivity index (χ0) is 19.8. The maximum Gasteiger partial charge on any atom is 0.417 e. The number of alkyl halides is 3. The lowest BCUT2D eigenvalue weighted by molar-refractivity contribution is -0.137. The van der Waals surface area contributed by atoms with Gasteiger partial charge in [-0.1, -0.05) is 18.2 Å². The van der Waals surface area contributed by atoms with Crippen molar-refractivity contribution in [2.75, 3.05) is 0 Å². The largest absolute Gasteiger partial charge is 0.417 e. The standard InChI is InChI=1S/C18H11F4NO3S/c19-13-5-7-14(8-6-13)27(25,26)23-10-12(11-24)9-17(23)15-3-1-2-4-16(15)18(20,21)22/h1-11H. The number of aldehydes is 1. The third-order valence-corrected chi connectivity index (χ3v) is 5.51. The van der Waals surface area contributed by atoms with E-state index in [9.17, 15) is 30.8 Å². The highest BCUT2D eigenvalue weighted by molar-refractivity contribution is 7.90. The molecule has 0 aliphatic carbocycles. The first-order valence-corrected chi connectivity index (χ1v) is 8.94. The summed E-state index contributed by atoms with van der Waals surface area (Å²) < 4.78 is 79.5. The molecule has 140 valence electrons. The second kappa shape index (κ2) is 6.66. The van der Waals surface area contributed by atoms with Crippen molar-refractivity contribution in [2.45, 2.75) is 11.1 Å². The highest BCUT2D eigenvalue weighted by atomic mass is 32.2. The number of rotatable bonds is 4. The Labute approximate surface area is 151 Å². The van der Waals surface area contributed by atoms with Crippen molar-refractivity contribution in [1.82, 2.24) is 3.97 Å². The number of nitrogens with zero attached hydrogens (tertiary/aromatic N) is 1.